The SMILES string of the molecule is O=C(NCCc1ccsc1)NC(c1ccccc1)c1ccccc1. The van der Waals surface area contributed by atoms with E-state index in [9.17, 15) is 4.79 Å². The zero-order valence-electron chi connectivity index (χ0n) is 13.3. The number of thiophene rings is 1. The van der Waals surface area contributed by atoms with Gasteiger partial charge in [-0.2, -0.15) is 11.3 Å². The highest BCUT2D eigenvalue weighted by molar-refractivity contribution is 7.07. The fourth-order valence-corrected chi connectivity index (χ4v) is 3.29. The Kier molecular flexibility index (Phi) is 5.64. The molecule has 1 heterocycles. The summed E-state index contributed by atoms with van der Waals surface area (Å²) in [6.45, 7) is 0.624. The minimum absolute atomic E-state index is 0.150. The summed E-state index contributed by atoms with van der Waals surface area (Å²) in [6, 6.07) is 21.8. The summed E-state index contributed by atoms with van der Waals surface area (Å²) in [4.78, 5) is 12.3. The number of amides is 2. The van der Waals surface area contributed by atoms with Gasteiger partial charge >= 0.3 is 6.03 Å². The Morgan fingerprint density at radius 2 is 1.54 bits per heavy atom. The van der Waals surface area contributed by atoms with Crippen LogP contribution in [0.5, 0.6) is 0 Å². The van der Waals surface area contributed by atoms with E-state index in [2.05, 4.69) is 27.5 Å². The molecular formula is C20H20N2OS. The number of urea groups is 1. The van der Waals surface area contributed by atoms with E-state index in [0.29, 0.717) is 6.54 Å². The van der Waals surface area contributed by atoms with Crippen molar-refractivity contribution in [3.63, 3.8) is 0 Å². The molecule has 2 amide bonds. The minimum atomic E-state index is -0.159. The summed E-state index contributed by atoms with van der Waals surface area (Å²) in [5.41, 5.74) is 3.39. The standard InChI is InChI=1S/C20H20N2OS/c23-20(21-13-11-16-12-14-24-15-16)22-19(17-7-3-1-4-8-17)18-9-5-2-6-10-18/h1-10,12,14-15,19H,11,13H2,(H2,21,22,23). The molecule has 24 heavy (non-hydrogen) atoms. The molecule has 122 valence electrons. The van der Waals surface area contributed by atoms with Crippen LogP contribution in [0.4, 0.5) is 4.79 Å². The van der Waals surface area contributed by atoms with Gasteiger partial charge in [0.2, 0.25) is 0 Å². The molecule has 1 aromatic heterocycles. The van der Waals surface area contributed by atoms with Crippen molar-refractivity contribution < 1.29 is 4.79 Å². The molecule has 0 aliphatic carbocycles. The second kappa shape index (κ2) is 8.31. The molecule has 0 spiro atoms. The molecule has 0 saturated carbocycles. The summed E-state index contributed by atoms with van der Waals surface area (Å²) in [5.74, 6) is 0. The summed E-state index contributed by atoms with van der Waals surface area (Å²) in [7, 11) is 0. The molecule has 0 atom stereocenters. The Morgan fingerprint density at radius 1 is 0.917 bits per heavy atom. The molecule has 4 heteroatoms. The van der Waals surface area contributed by atoms with Gasteiger partial charge in [-0.05, 0) is 39.9 Å². The van der Waals surface area contributed by atoms with Gasteiger partial charge in [0, 0.05) is 6.54 Å². The summed E-state index contributed by atoms with van der Waals surface area (Å²) >= 11 is 1.68. The zero-order valence-corrected chi connectivity index (χ0v) is 14.1. The normalized spacial score (nSPS) is 10.5. The average molecular weight is 336 g/mol. The van der Waals surface area contributed by atoms with E-state index in [1.165, 1.54) is 5.56 Å². The highest BCUT2D eigenvalue weighted by Crippen LogP contribution is 2.21. The number of nitrogens with one attached hydrogen (secondary N) is 2. The van der Waals surface area contributed by atoms with Gasteiger partial charge in [0.05, 0.1) is 6.04 Å². The topological polar surface area (TPSA) is 41.1 Å². The maximum absolute atomic E-state index is 12.3. The second-order valence-electron chi connectivity index (χ2n) is 5.54. The van der Waals surface area contributed by atoms with Crippen LogP contribution in [0, 0.1) is 0 Å². The van der Waals surface area contributed by atoms with Crippen molar-refractivity contribution in [3.05, 3.63) is 94.2 Å². The number of hydrogen-bond donors (Lipinski definition) is 2. The van der Waals surface area contributed by atoms with Crippen molar-refractivity contribution >= 4 is 17.4 Å². The van der Waals surface area contributed by atoms with Gasteiger partial charge in [0.25, 0.3) is 0 Å². The van der Waals surface area contributed by atoms with Crippen LogP contribution in [0.2, 0.25) is 0 Å². The van der Waals surface area contributed by atoms with E-state index in [1.54, 1.807) is 11.3 Å². The predicted octanol–water partition coefficient (Wildman–Crippen LogP) is 4.38. The quantitative estimate of drug-likeness (QED) is 0.689. The lowest BCUT2D eigenvalue weighted by atomic mass is 9.99. The first kappa shape index (κ1) is 16.3. The molecule has 3 rings (SSSR count). The van der Waals surface area contributed by atoms with E-state index in [1.807, 2.05) is 60.7 Å². The maximum Gasteiger partial charge on any atom is 0.315 e. The van der Waals surface area contributed by atoms with Crippen molar-refractivity contribution in [2.45, 2.75) is 12.5 Å². The van der Waals surface area contributed by atoms with E-state index >= 15 is 0 Å². The van der Waals surface area contributed by atoms with E-state index < -0.39 is 0 Å². The van der Waals surface area contributed by atoms with Crippen LogP contribution >= 0.6 is 11.3 Å². The third kappa shape index (κ3) is 4.46. The van der Waals surface area contributed by atoms with Crippen molar-refractivity contribution in [1.29, 1.82) is 0 Å². The van der Waals surface area contributed by atoms with Crippen LogP contribution in [0.15, 0.2) is 77.5 Å². The molecule has 0 bridgehead atoms. The molecule has 0 unspecified atom stereocenters. The van der Waals surface area contributed by atoms with Crippen LogP contribution in [-0.2, 0) is 6.42 Å². The molecule has 2 N–H and O–H groups in total. The average Bonchev–Trinajstić information content (AvgIpc) is 3.15. The lowest BCUT2D eigenvalue weighted by Gasteiger charge is -2.20. The van der Waals surface area contributed by atoms with Crippen LogP contribution in [0.25, 0.3) is 0 Å². The number of carbonyl (C=O) groups excluding carboxylic acids is 1. The first-order valence-electron chi connectivity index (χ1n) is 7.98. The van der Waals surface area contributed by atoms with E-state index in [-0.39, 0.29) is 12.1 Å². The van der Waals surface area contributed by atoms with Gasteiger partial charge in [-0.3, -0.25) is 0 Å². The predicted molar refractivity (Wildman–Crippen MR) is 99.3 cm³/mol. The fraction of sp³-hybridized carbons (Fsp3) is 0.150. The molecular weight excluding hydrogens is 316 g/mol. The molecule has 0 aliphatic rings. The van der Waals surface area contributed by atoms with Crippen molar-refractivity contribution in [2.24, 2.45) is 0 Å². The van der Waals surface area contributed by atoms with Gasteiger partial charge in [0.15, 0.2) is 0 Å². The monoisotopic (exact) mass is 336 g/mol. The molecule has 3 aromatic rings. The maximum atomic E-state index is 12.3. The van der Waals surface area contributed by atoms with Crippen molar-refractivity contribution in [1.82, 2.24) is 10.6 Å². The lowest BCUT2D eigenvalue weighted by Crippen LogP contribution is -2.39. The van der Waals surface area contributed by atoms with Crippen LogP contribution in [0.1, 0.15) is 22.7 Å². The summed E-state index contributed by atoms with van der Waals surface area (Å²) in [5, 5.41) is 10.2. The van der Waals surface area contributed by atoms with Gasteiger partial charge in [-0.25, -0.2) is 4.79 Å². The summed E-state index contributed by atoms with van der Waals surface area (Å²) in [6.07, 6.45) is 0.845. The van der Waals surface area contributed by atoms with E-state index in [0.717, 1.165) is 17.5 Å². The third-order valence-corrected chi connectivity index (χ3v) is 4.55. The molecule has 0 radical (unpaired) electrons. The van der Waals surface area contributed by atoms with Crippen molar-refractivity contribution in [2.75, 3.05) is 6.54 Å². The van der Waals surface area contributed by atoms with Crippen molar-refractivity contribution in [3.8, 4) is 0 Å². The molecule has 0 fully saturated rings. The van der Waals surface area contributed by atoms with Gasteiger partial charge in [-0.1, -0.05) is 60.7 Å². The van der Waals surface area contributed by atoms with E-state index in [4.69, 9.17) is 0 Å². The molecule has 0 saturated heterocycles. The first-order valence-corrected chi connectivity index (χ1v) is 8.92. The second-order valence-corrected chi connectivity index (χ2v) is 6.32. The Balaban J connectivity index is 1.64. The molecule has 0 aliphatic heterocycles. The van der Waals surface area contributed by atoms with Crippen LogP contribution < -0.4 is 10.6 Å². The zero-order chi connectivity index (χ0) is 16.6. The summed E-state index contributed by atoms with van der Waals surface area (Å²) < 4.78 is 0. The number of hydrogen-bond acceptors (Lipinski definition) is 2. The minimum Gasteiger partial charge on any atom is -0.338 e. The van der Waals surface area contributed by atoms with Gasteiger partial charge in [0.1, 0.15) is 0 Å². The fourth-order valence-electron chi connectivity index (χ4n) is 2.59. The Bertz CT molecular complexity index is 702. The Hall–Kier alpha value is -2.59. The van der Waals surface area contributed by atoms with Gasteiger partial charge < -0.3 is 10.6 Å². The Morgan fingerprint density at radius 3 is 2.08 bits per heavy atom. The van der Waals surface area contributed by atoms with Crippen LogP contribution in [-0.4, -0.2) is 12.6 Å². The number of carbonyl (C=O) groups is 1. The lowest BCUT2D eigenvalue weighted by molar-refractivity contribution is 0.239. The highest BCUT2D eigenvalue weighted by atomic mass is 32.1. The Labute approximate surface area is 146 Å². The van der Waals surface area contributed by atoms with Gasteiger partial charge in [-0.15, -0.1) is 0 Å². The molecule has 3 nitrogen and oxygen atoms in total. The molecule has 2 aromatic carbocycles. The number of benzene rings is 2. The highest BCUT2D eigenvalue weighted by Gasteiger charge is 2.16. The largest absolute Gasteiger partial charge is 0.338 e. The smallest absolute Gasteiger partial charge is 0.315 e. The van der Waals surface area contributed by atoms with Crippen LogP contribution in [0.3, 0.4) is 0 Å². The first-order chi connectivity index (χ1) is 11.8. The number of rotatable bonds is 6. The third-order valence-electron chi connectivity index (χ3n) is 3.82.